The van der Waals surface area contributed by atoms with Gasteiger partial charge in [0.25, 0.3) is 0 Å². The van der Waals surface area contributed by atoms with Gasteiger partial charge in [-0.25, -0.2) is 14.6 Å². The summed E-state index contributed by atoms with van der Waals surface area (Å²) in [6.45, 7) is 3.90. The number of rotatable bonds is 7. The number of hydrogen-bond donors (Lipinski definition) is 1. The first-order valence-corrected chi connectivity index (χ1v) is 11.3. The minimum atomic E-state index is -0.523. The SMILES string of the molecule is CC(C)OC(=O)c1ccc(NC(=O)N2CC(CCCC#N)C(c3ccc(Cl)cc3)=N2)cc1Cl. The molecule has 0 aliphatic carbocycles. The van der Waals surface area contributed by atoms with E-state index in [2.05, 4.69) is 16.5 Å². The summed E-state index contributed by atoms with van der Waals surface area (Å²) in [4.78, 5) is 25.0. The highest BCUT2D eigenvalue weighted by molar-refractivity contribution is 6.34. The third kappa shape index (κ3) is 6.47. The quantitative estimate of drug-likeness (QED) is 0.376. The topological polar surface area (TPSA) is 94.8 Å². The molecule has 1 heterocycles. The number of nitriles is 1. The van der Waals surface area contributed by atoms with E-state index in [1.54, 1.807) is 32.0 Å². The van der Waals surface area contributed by atoms with Crippen molar-refractivity contribution in [2.45, 2.75) is 39.2 Å². The third-order valence-corrected chi connectivity index (χ3v) is 5.57. The highest BCUT2D eigenvalue weighted by atomic mass is 35.5. The second-order valence-electron chi connectivity index (χ2n) is 7.90. The number of hydrazone groups is 1. The number of nitrogens with one attached hydrogen (secondary N) is 1. The first-order valence-electron chi connectivity index (χ1n) is 10.6. The number of unbranched alkanes of at least 4 members (excludes halogenated alkanes) is 1. The van der Waals surface area contributed by atoms with Crippen LogP contribution in [0.4, 0.5) is 10.5 Å². The molecule has 7 nitrogen and oxygen atoms in total. The van der Waals surface area contributed by atoms with Crippen LogP contribution in [0.1, 0.15) is 49.0 Å². The van der Waals surface area contributed by atoms with Crippen molar-refractivity contribution in [3.63, 3.8) is 0 Å². The summed E-state index contributed by atoms with van der Waals surface area (Å²) in [5.41, 5.74) is 2.32. The molecule has 0 saturated heterocycles. The maximum absolute atomic E-state index is 12.9. The van der Waals surface area contributed by atoms with E-state index in [-0.39, 0.29) is 22.6 Å². The number of amides is 2. The van der Waals surface area contributed by atoms with Crippen molar-refractivity contribution in [1.29, 1.82) is 5.26 Å². The highest BCUT2D eigenvalue weighted by Crippen LogP contribution is 2.27. The molecular formula is C24H24Cl2N4O3. The molecule has 9 heteroatoms. The number of nitrogens with zero attached hydrogens (tertiary/aromatic N) is 3. The Morgan fingerprint density at radius 1 is 1.24 bits per heavy atom. The van der Waals surface area contributed by atoms with Gasteiger partial charge in [-0.05, 0) is 62.6 Å². The largest absolute Gasteiger partial charge is 0.459 e. The molecule has 3 rings (SSSR count). The Bertz CT molecular complexity index is 1090. The van der Waals surface area contributed by atoms with Crippen LogP contribution in [0.3, 0.4) is 0 Å². The van der Waals surface area contributed by atoms with Gasteiger partial charge in [-0.3, -0.25) is 0 Å². The molecule has 2 aromatic carbocycles. The molecule has 1 unspecified atom stereocenters. The zero-order valence-electron chi connectivity index (χ0n) is 18.3. The van der Waals surface area contributed by atoms with Gasteiger partial charge >= 0.3 is 12.0 Å². The van der Waals surface area contributed by atoms with E-state index in [9.17, 15) is 9.59 Å². The van der Waals surface area contributed by atoms with Gasteiger partial charge in [0.15, 0.2) is 0 Å². The maximum atomic E-state index is 12.9. The number of halogens is 2. The van der Waals surface area contributed by atoms with E-state index < -0.39 is 12.0 Å². The van der Waals surface area contributed by atoms with E-state index in [1.165, 1.54) is 17.1 Å². The summed E-state index contributed by atoms with van der Waals surface area (Å²) in [6, 6.07) is 13.6. The van der Waals surface area contributed by atoms with Gasteiger partial charge < -0.3 is 10.1 Å². The molecule has 172 valence electrons. The van der Waals surface area contributed by atoms with Crippen LogP contribution in [-0.2, 0) is 4.74 Å². The monoisotopic (exact) mass is 486 g/mol. The Morgan fingerprint density at radius 3 is 2.61 bits per heavy atom. The number of ether oxygens (including phenoxy) is 1. The van der Waals surface area contributed by atoms with Gasteiger partial charge in [0.1, 0.15) is 0 Å². The Labute approximate surface area is 202 Å². The molecule has 0 spiro atoms. The predicted molar refractivity (Wildman–Crippen MR) is 129 cm³/mol. The van der Waals surface area contributed by atoms with Crippen LogP contribution >= 0.6 is 23.2 Å². The summed E-state index contributed by atoms with van der Waals surface area (Å²) in [6.07, 6.45) is 1.63. The van der Waals surface area contributed by atoms with Crippen LogP contribution in [0, 0.1) is 17.2 Å². The van der Waals surface area contributed by atoms with Crippen LogP contribution in [-0.4, -0.2) is 35.4 Å². The lowest BCUT2D eigenvalue weighted by Crippen LogP contribution is -2.30. The number of anilines is 1. The standard InChI is InChI=1S/C24H24Cl2N4O3/c1-15(2)33-23(31)20-11-10-19(13-21(20)26)28-24(32)30-14-17(5-3-4-12-27)22(29-30)16-6-8-18(25)9-7-16/h6-11,13,15,17H,3-5,14H2,1-2H3,(H,28,32). The molecule has 1 aliphatic heterocycles. The Morgan fingerprint density at radius 2 is 1.97 bits per heavy atom. The predicted octanol–water partition coefficient (Wildman–Crippen LogP) is 6.12. The maximum Gasteiger partial charge on any atom is 0.342 e. The molecule has 0 bridgehead atoms. The van der Waals surface area contributed by atoms with Crippen molar-refractivity contribution in [3.8, 4) is 6.07 Å². The second-order valence-corrected chi connectivity index (χ2v) is 8.74. The summed E-state index contributed by atoms with van der Waals surface area (Å²) >= 11 is 12.2. The van der Waals surface area contributed by atoms with Gasteiger partial charge in [0.2, 0.25) is 0 Å². The van der Waals surface area contributed by atoms with E-state index in [1.807, 2.05) is 12.1 Å². The molecule has 1 aliphatic rings. The van der Waals surface area contributed by atoms with Crippen LogP contribution in [0.25, 0.3) is 0 Å². The van der Waals surface area contributed by atoms with Crippen molar-refractivity contribution in [2.75, 3.05) is 11.9 Å². The first kappa shape index (κ1) is 24.6. The van der Waals surface area contributed by atoms with Crippen molar-refractivity contribution < 1.29 is 14.3 Å². The second kappa shape index (κ2) is 11.2. The first-order chi connectivity index (χ1) is 15.8. The lowest BCUT2D eigenvalue weighted by atomic mass is 9.93. The molecule has 2 aromatic rings. The third-order valence-electron chi connectivity index (χ3n) is 5.01. The van der Waals surface area contributed by atoms with Crippen molar-refractivity contribution in [1.82, 2.24) is 5.01 Å². The van der Waals surface area contributed by atoms with Gasteiger partial charge in [0.05, 0.1) is 35.0 Å². The number of carbonyl (C=O) groups is 2. The number of urea groups is 1. The molecule has 2 amide bonds. The van der Waals surface area contributed by atoms with Crippen LogP contribution in [0.2, 0.25) is 10.0 Å². The van der Waals surface area contributed by atoms with Crippen molar-refractivity contribution in [2.24, 2.45) is 11.0 Å². The van der Waals surface area contributed by atoms with Gasteiger partial charge in [-0.15, -0.1) is 0 Å². The van der Waals surface area contributed by atoms with Crippen LogP contribution in [0.5, 0.6) is 0 Å². The van der Waals surface area contributed by atoms with E-state index >= 15 is 0 Å². The fourth-order valence-electron chi connectivity index (χ4n) is 3.47. The fraction of sp³-hybridized carbons (Fsp3) is 0.333. The smallest absolute Gasteiger partial charge is 0.342 e. The van der Waals surface area contributed by atoms with E-state index in [4.69, 9.17) is 33.2 Å². The zero-order chi connectivity index (χ0) is 24.0. The van der Waals surface area contributed by atoms with Crippen LogP contribution in [0.15, 0.2) is 47.6 Å². The number of hydrogen-bond acceptors (Lipinski definition) is 5. The van der Waals surface area contributed by atoms with Crippen molar-refractivity contribution >= 4 is 46.6 Å². The summed E-state index contributed by atoms with van der Waals surface area (Å²) < 4.78 is 5.17. The van der Waals surface area contributed by atoms with Gasteiger partial charge in [0, 0.05) is 23.0 Å². The average molecular weight is 487 g/mol. The highest BCUT2D eigenvalue weighted by Gasteiger charge is 2.31. The number of benzene rings is 2. The van der Waals surface area contributed by atoms with Gasteiger partial charge in [-0.2, -0.15) is 10.4 Å². The summed E-state index contributed by atoms with van der Waals surface area (Å²) in [5.74, 6) is -0.521. The molecule has 0 radical (unpaired) electrons. The molecule has 0 saturated carbocycles. The molecule has 0 aromatic heterocycles. The zero-order valence-corrected chi connectivity index (χ0v) is 19.9. The minimum Gasteiger partial charge on any atom is -0.459 e. The lowest BCUT2D eigenvalue weighted by molar-refractivity contribution is 0.0378. The Hall–Kier alpha value is -3.08. The van der Waals surface area contributed by atoms with E-state index in [0.29, 0.717) is 30.1 Å². The number of carbonyl (C=O) groups excluding carboxylic acids is 2. The number of esters is 1. The van der Waals surface area contributed by atoms with Crippen LogP contribution < -0.4 is 5.32 Å². The molecule has 33 heavy (non-hydrogen) atoms. The van der Waals surface area contributed by atoms with Crippen molar-refractivity contribution in [3.05, 3.63) is 63.6 Å². The fourth-order valence-corrected chi connectivity index (χ4v) is 3.85. The van der Waals surface area contributed by atoms with Gasteiger partial charge in [-0.1, -0.05) is 35.3 Å². The summed E-state index contributed by atoms with van der Waals surface area (Å²) in [5, 5.41) is 18.4. The van der Waals surface area contributed by atoms with E-state index in [0.717, 1.165) is 17.7 Å². The normalized spacial score (nSPS) is 15.2. The molecular weight excluding hydrogens is 463 g/mol. The molecule has 1 N–H and O–H groups in total. The Kier molecular flexibility index (Phi) is 8.32. The lowest BCUT2D eigenvalue weighted by Gasteiger charge is -2.16. The molecule has 1 atom stereocenters. The molecule has 0 fully saturated rings. The average Bonchev–Trinajstić information content (AvgIpc) is 3.18. The summed E-state index contributed by atoms with van der Waals surface area (Å²) in [7, 11) is 0. The minimum absolute atomic E-state index is 0.00189. The Balaban J connectivity index is 1.74.